The number of ether oxygens (including phenoxy) is 1. The van der Waals surface area contributed by atoms with E-state index < -0.39 is 23.4 Å². The number of amides is 1. The number of benzene rings is 3. The first kappa shape index (κ1) is 27.3. The Labute approximate surface area is 237 Å². The molecule has 10 heteroatoms. The molecule has 0 bridgehead atoms. The van der Waals surface area contributed by atoms with Gasteiger partial charge in [0.2, 0.25) is 5.91 Å². The van der Waals surface area contributed by atoms with Crippen LogP contribution in [0, 0.1) is 0 Å². The van der Waals surface area contributed by atoms with Gasteiger partial charge in [-0.15, -0.1) is 11.3 Å². The number of hydrogen-bond donors (Lipinski definition) is 2. The molecule has 7 nitrogen and oxygen atoms in total. The van der Waals surface area contributed by atoms with Gasteiger partial charge in [-0.25, -0.2) is 9.78 Å². The predicted molar refractivity (Wildman–Crippen MR) is 155 cm³/mol. The van der Waals surface area contributed by atoms with E-state index >= 15 is 0 Å². The van der Waals surface area contributed by atoms with E-state index in [1.165, 1.54) is 44.7 Å². The maximum absolute atomic E-state index is 13.3. The van der Waals surface area contributed by atoms with Gasteiger partial charge in [0.15, 0.2) is 11.8 Å². The number of nitrogens with zero attached hydrogens (tertiary/aromatic N) is 2. The fourth-order valence-electron chi connectivity index (χ4n) is 4.16. The Kier molecular flexibility index (Phi) is 8.27. The highest BCUT2D eigenvalue weighted by molar-refractivity contribution is 8.77. The second kappa shape index (κ2) is 11.8. The molecule has 1 aliphatic rings. The Morgan fingerprint density at radius 2 is 1.69 bits per heavy atom. The minimum atomic E-state index is -0.768. The molecule has 5 rings (SSSR count). The third-order valence-corrected chi connectivity index (χ3v) is 10.0. The number of rotatable bonds is 9. The van der Waals surface area contributed by atoms with E-state index in [4.69, 9.17) is 4.74 Å². The van der Waals surface area contributed by atoms with Crippen LogP contribution in [0.15, 0.2) is 95.2 Å². The number of para-hydroxylation sites is 1. The Morgan fingerprint density at radius 3 is 2.26 bits per heavy atom. The van der Waals surface area contributed by atoms with Crippen molar-refractivity contribution in [3.63, 3.8) is 0 Å². The summed E-state index contributed by atoms with van der Waals surface area (Å²) in [6, 6.07) is 24.5. The van der Waals surface area contributed by atoms with Gasteiger partial charge in [-0.3, -0.25) is 4.79 Å². The lowest BCUT2D eigenvalue weighted by molar-refractivity contribution is -0.150. The lowest BCUT2D eigenvalue weighted by Gasteiger charge is -2.38. The number of carbonyl (C=O) groups excluding carboxylic acids is 2. The van der Waals surface area contributed by atoms with Gasteiger partial charge in [-0.05, 0) is 37.1 Å². The highest BCUT2D eigenvalue weighted by Gasteiger charge is 2.43. The van der Waals surface area contributed by atoms with E-state index in [0.29, 0.717) is 5.01 Å². The molecule has 4 aromatic rings. The van der Waals surface area contributed by atoms with Crippen molar-refractivity contribution >= 4 is 55.0 Å². The van der Waals surface area contributed by atoms with Crippen molar-refractivity contribution in [2.45, 2.75) is 36.2 Å². The van der Waals surface area contributed by atoms with Gasteiger partial charge < -0.3 is 19.8 Å². The van der Waals surface area contributed by atoms with E-state index in [-0.39, 0.29) is 23.9 Å². The Balaban J connectivity index is 1.28. The number of aromatic nitrogens is 1. The number of aliphatic hydroxyl groups excluding tert-OH is 2. The Morgan fingerprint density at radius 1 is 1.05 bits per heavy atom. The molecule has 0 aliphatic carbocycles. The summed E-state index contributed by atoms with van der Waals surface area (Å²) >= 11 is 1.44. The molecule has 2 atom stereocenters. The molecule has 2 N–H and O–H groups in total. The number of esters is 1. The van der Waals surface area contributed by atoms with Gasteiger partial charge in [-0.1, -0.05) is 88.3 Å². The number of β-lactam (4-membered cyclic amide) rings is 1. The van der Waals surface area contributed by atoms with Crippen LogP contribution in [-0.4, -0.2) is 43.8 Å². The first-order valence-corrected chi connectivity index (χ1v) is 15.3. The van der Waals surface area contributed by atoms with Crippen LogP contribution in [0.1, 0.15) is 42.2 Å². The van der Waals surface area contributed by atoms with Crippen molar-refractivity contribution in [3.8, 4) is 0 Å². The zero-order valence-corrected chi connectivity index (χ0v) is 23.6. The van der Waals surface area contributed by atoms with E-state index in [1.54, 1.807) is 6.92 Å². The SMILES string of the molecule is CC(O)=C(C(=O)OC(c1ccccc1)c1ccccc1)N1C[C@H](SSc2cccc3sc([C@@H](C)O)nc23)C1=O. The number of fused-ring (bicyclic) bond motifs is 1. The largest absolute Gasteiger partial charge is 0.510 e. The van der Waals surface area contributed by atoms with Crippen molar-refractivity contribution in [2.75, 3.05) is 6.54 Å². The molecule has 200 valence electrons. The van der Waals surface area contributed by atoms with Crippen LogP contribution in [-0.2, 0) is 14.3 Å². The molecule has 0 unspecified atom stereocenters. The summed E-state index contributed by atoms with van der Waals surface area (Å²) in [5.41, 5.74) is 2.20. The summed E-state index contributed by atoms with van der Waals surface area (Å²) in [5.74, 6) is -1.32. The molecule has 1 aromatic heterocycles. The molecule has 1 fully saturated rings. The molecule has 1 saturated heterocycles. The molecular formula is C29H26N2O5S3. The highest BCUT2D eigenvalue weighted by Crippen LogP contribution is 2.43. The summed E-state index contributed by atoms with van der Waals surface area (Å²) in [6.07, 6.45) is -1.35. The zero-order chi connectivity index (χ0) is 27.5. The summed E-state index contributed by atoms with van der Waals surface area (Å²) < 4.78 is 6.86. The third-order valence-electron chi connectivity index (χ3n) is 6.14. The maximum Gasteiger partial charge on any atom is 0.359 e. The molecule has 0 saturated carbocycles. The first-order chi connectivity index (χ1) is 18.8. The molecule has 2 heterocycles. The van der Waals surface area contributed by atoms with Crippen LogP contribution < -0.4 is 0 Å². The minimum absolute atomic E-state index is 0.151. The van der Waals surface area contributed by atoms with Gasteiger partial charge in [0.05, 0.1) is 10.2 Å². The van der Waals surface area contributed by atoms with Gasteiger partial charge in [0.1, 0.15) is 22.1 Å². The predicted octanol–water partition coefficient (Wildman–Crippen LogP) is 6.42. The molecule has 3 aromatic carbocycles. The molecule has 1 aliphatic heterocycles. The van der Waals surface area contributed by atoms with Crippen LogP contribution in [0.3, 0.4) is 0 Å². The Hall–Kier alpha value is -3.31. The van der Waals surface area contributed by atoms with Crippen LogP contribution >= 0.6 is 32.9 Å². The van der Waals surface area contributed by atoms with Crippen molar-refractivity contribution in [2.24, 2.45) is 0 Å². The van der Waals surface area contributed by atoms with Crippen molar-refractivity contribution < 1.29 is 24.5 Å². The summed E-state index contributed by atoms with van der Waals surface area (Å²) in [7, 11) is 2.82. The monoisotopic (exact) mass is 578 g/mol. The number of allylic oxidation sites excluding steroid dienone is 1. The van der Waals surface area contributed by atoms with Crippen LogP contribution in [0.2, 0.25) is 0 Å². The lowest BCUT2D eigenvalue weighted by Crippen LogP contribution is -2.55. The molecule has 1 amide bonds. The minimum Gasteiger partial charge on any atom is -0.510 e. The zero-order valence-electron chi connectivity index (χ0n) is 21.2. The average molecular weight is 579 g/mol. The van der Waals surface area contributed by atoms with Crippen molar-refractivity contribution in [3.05, 3.63) is 106 Å². The van der Waals surface area contributed by atoms with Gasteiger partial charge in [-0.2, -0.15) is 0 Å². The van der Waals surface area contributed by atoms with E-state index in [9.17, 15) is 19.8 Å². The van der Waals surface area contributed by atoms with Gasteiger partial charge in [0.25, 0.3) is 0 Å². The molecule has 0 spiro atoms. The molecular weight excluding hydrogens is 553 g/mol. The summed E-state index contributed by atoms with van der Waals surface area (Å²) in [4.78, 5) is 33.2. The fraction of sp³-hybridized carbons (Fsp3) is 0.207. The highest BCUT2D eigenvalue weighted by atomic mass is 33.1. The average Bonchev–Trinajstić information content (AvgIpc) is 3.39. The topological polar surface area (TPSA) is 100.0 Å². The fourth-order valence-corrected chi connectivity index (χ4v) is 7.66. The first-order valence-electron chi connectivity index (χ1n) is 12.3. The van der Waals surface area contributed by atoms with Crippen molar-refractivity contribution in [1.29, 1.82) is 0 Å². The normalized spacial score (nSPS) is 16.7. The van der Waals surface area contributed by atoms with Crippen LogP contribution in [0.25, 0.3) is 10.2 Å². The number of hydrogen-bond acceptors (Lipinski definition) is 9. The number of aliphatic hydroxyl groups is 2. The maximum atomic E-state index is 13.3. The quantitative estimate of drug-likeness (QED) is 0.0771. The molecule has 39 heavy (non-hydrogen) atoms. The number of carbonyl (C=O) groups is 2. The standard InChI is InChI=1S/C29H26N2O5S3/c1-17(32)25(29(35)36-26(19-10-5-3-6-11-19)20-12-7-4-8-13-20)31-16-23(28(31)34)39-38-22-15-9-14-21-24(22)30-27(37-21)18(2)33/h3-15,18,23,26,32-33H,16H2,1-2H3/t18-,23+/m1/s1. The van der Waals surface area contributed by atoms with E-state index in [1.807, 2.05) is 78.9 Å². The number of thiazole rings is 1. The van der Waals surface area contributed by atoms with E-state index in [0.717, 1.165) is 26.2 Å². The summed E-state index contributed by atoms with van der Waals surface area (Å²) in [6.45, 7) is 3.32. The Bertz CT molecular complexity index is 1480. The summed E-state index contributed by atoms with van der Waals surface area (Å²) in [5, 5.41) is 20.5. The second-order valence-corrected chi connectivity index (χ2v) is 12.5. The second-order valence-electron chi connectivity index (χ2n) is 8.99. The number of likely N-dealkylation sites (tertiary alicyclic amines) is 1. The van der Waals surface area contributed by atoms with Crippen LogP contribution in [0.5, 0.6) is 0 Å². The van der Waals surface area contributed by atoms with E-state index in [2.05, 4.69) is 4.98 Å². The van der Waals surface area contributed by atoms with Crippen LogP contribution in [0.4, 0.5) is 0 Å². The smallest absolute Gasteiger partial charge is 0.359 e. The molecule has 0 radical (unpaired) electrons. The van der Waals surface area contributed by atoms with Gasteiger partial charge in [0, 0.05) is 11.4 Å². The van der Waals surface area contributed by atoms with Crippen molar-refractivity contribution in [1.82, 2.24) is 9.88 Å². The van der Waals surface area contributed by atoms with Gasteiger partial charge >= 0.3 is 5.97 Å². The lowest BCUT2D eigenvalue weighted by atomic mass is 10.0. The third kappa shape index (κ3) is 5.84.